The van der Waals surface area contributed by atoms with Crippen LogP contribution in [0.25, 0.3) is 0 Å². The third-order valence-corrected chi connectivity index (χ3v) is 4.57. The van der Waals surface area contributed by atoms with Gasteiger partial charge in [0.15, 0.2) is 0 Å². The fourth-order valence-corrected chi connectivity index (χ4v) is 3.01. The number of nitrogens with two attached hydrogens (primary N) is 1. The van der Waals surface area contributed by atoms with Crippen molar-refractivity contribution in [1.29, 1.82) is 0 Å². The first kappa shape index (κ1) is 17.1. The van der Waals surface area contributed by atoms with Gasteiger partial charge in [-0.05, 0) is 25.0 Å². The van der Waals surface area contributed by atoms with Gasteiger partial charge in [-0.25, -0.2) is 8.42 Å². The van der Waals surface area contributed by atoms with Gasteiger partial charge in [0, 0.05) is 10.7 Å². The highest BCUT2D eigenvalue weighted by atomic mass is 79.9. The molecule has 2 atom stereocenters. The normalized spacial score (nSPS) is 14.6. The Morgan fingerprint density at radius 2 is 2.00 bits per heavy atom. The van der Waals surface area contributed by atoms with Gasteiger partial charge in [-0.1, -0.05) is 34.1 Å². The van der Waals surface area contributed by atoms with E-state index < -0.39 is 15.9 Å². The second-order valence-corrected chi connectivity index (χ2v) is 7.89. The lowest BCUT2D eigenvalue weighted by Gasteiger charge is -2.18. The van der Waals surface area contributed by atoms with Crippen molar-refractivity contribution in [2.45, 2.75) is 25.4 Å². The predicted molar refractivity (Wildman–Crippen MR) is 83.0 cm³/mol. The van der Waals surface area contributed by atoms with Crippen molar-refractivity contribution in [2.75, 3.05) is 12.0 Å². The lowest BCUT2D eigenvalue weighted by Crippen LogP contribution is -2.42. The maximum Gasteiger partial charge on any atom is 0.237 e. The molecule has 0 aliphatic heterocycles. The molecule has 1 rings (SSSR count). The Morgan fingerprint density at radius 3 is 2.55 bits per heavy atom. The first-order valence-corrected chi connectivity index (χ1v) is 9.04. The highest BCUT2D eigenvalue weighted by Crippen LogP contribution is 2.22. The largest absolute Gasteiger partial charge is 0.348 e. The Labute approximate surface area is 128 Å². The number of hydrogen-bond donors (Lipinski definition) is 2. The van der Waals surface area contributed by atoms with Crippen molar-refractivity contribution in [2.24, 2.45) is 5.73 Å². The van der Waals surface area contributed by atoms with Crippen LogP contribution in [-0.4, -0.2) is 32.4 Å². The van der Waals surface area contributed by atoms with E-state index in [0.29, 0.717) is 0 Å². The molecule has 1 amide bonds. The number of carbonyl (C=O) groups excluding carboxylic acids is 1. The fraction of sp³-hybridized carbons (Fsp3) is 0.462. The van der Waals surface area contributed by atoms with Crippen molar-refractivity contribution in [3.63, 3.8) is 0 Å². The number of hydrogen-bond acceptors (Lipinski definition) is 4. The SMILES string of the molecule is C[C@H](NC(=O)C(N)CCS(C)(=O)=O)c1ccccc1Br. The standard InChI is InChI=1S/C13H19BrN2O3S/c1-9(10-5-3-4-6-11(10)14)16-13(17)12(15)7-8-20(2,18)19/h3-6,9,12H,7-8,15H2,1-2H3,(H,16,17)/t9-,12?/m0/s1. The smallest absolute Gasteiger partial charge is 0.237 e. The third-order valence-electron chi connectivity index (χ3n) is 2.87. The van der Waals surface area contributed by atoms with E-state index in [1.54, 1.807) is 0 Å². The summed E-state index contributed by atoms with van der Waals surface area (Å²) in [5.74, 6) is -0.442. The van der Waals surface area contributed by atoms with Gasteiger partial charge in [0.05, 0.1) is 17.8 Å². The maximum atomic E-state index is 11.9. The number of nitrogens with one attached hydrogen (secondary N) is 1. The monoisotopic (exact) mass is 362 g/mol. The van der Waals surface area contributed by atoms with Crippen molar-refractivity contribution in [1.82, 2.24) is 5.32 Å². The molecule has 5 nitrogen and oxygen atoms in total. The summed E-state index contributed by atoms with van der Waals surface area (Å²) in [5, 5.41) is 2.78. The van der Waals surface area contributed by atoms with Gasteiger partial charge in [-0.15, -0.1) is 0 Å². The van der Waals surface area contributed by atoms with Crippen LogP contribution in [0, 0.1) is 0 Å². The van der Waals surface area contributed by atoms with Crippen LogP contribution in [0.15, 0.2) is 28.7 Å². The zero-order valence-electron chi connectivity index (χ0n) is 11.5. The summed E-state index contributed by atoms with van der Waals surface area (Å²) in [6.07, 6.45) is 1.24. The summed E-state index contributed by atoms with van der Waals surface area (Å²) < 4.78 is 23.0. The number of amides is 1. The van der Waals surface area contributed by atoms with Gasteiger partial charge >= 0.3 is 0 Å². The number of halogens is 1. The molecule has 0 radical (unpaired) electrons. The summed E-state index contributed by atoms with van der Waals surface area (Å²) in [6.45, 7) is 1.85. The van der Waals surface area contributed by atoms with E-state index in [1.807, 2.05) is 31.2 Å². The molecule has 1 aromatic rings. The van der Waals surface area contributed by atoms with Crippen LogP contribution in [0.5, 0.6) is 0 Å². The van der Waals surface area contributed by atoms with Crippen LogP contribution >= 0.6 is 15.9 Å². The zero-order valence-corrected chi connectivity index (χ0v) is 13.9. The third kappa shape index (κ3) is 5.60. The molecule has 0 saturated carbocycles. The van der Waals surface area contributed by atoms with E-state index in [0.717, 1.165) is 16.3 Å². The maximum absolute atomic E-state index is 11.9. The van der Waals surface area contributed by atoms with E-state index in [-0.39, 0.29) is 24.1 Å². The minimum absolute atomic E-state index is 0.0923. The molecular formula is C13H19BrN2O3S. The van der Waals surface area contributed by atoms with E-state index in [1.165, 1.54) is 0 Å². The molecule has 0 heterocycles. The Kier molecular flexibility index (Phi) is 6.16. The average Bonchev–Trinajstić information content (AvgIpc) is 2.35. The number of sulfone groups is 1. The van der Waals surface area contributed by atoms with Gasteiger partial charge in [-0.3, -0.25) is 4.79 Å². The summed E-state index contributed by atoms with van der Waals surface area (Å²) in [7, 11) is -3.11. The first-order valence-electron chi connectivity index (χ1n) is 6.19. The highest BCUT2D eigenvalue weighted by Gasteiger charge is 2.19. The van der Waals surface area contributed by atoms with E-state index in [4.69, 9.17) is 5.73 Å². The number of benzene rings is 1. The first-order chi connectivity index (χ1) is 9.20. The molecule has 0 bridgehead atoms. The second-order valence-electron chi connectivity index (χ2n) is 4.78. The molecule has 0 aromatic heterocycles. The summed E-state index contributed by atoms with van der Waals surface area (Å²) in [4.78, 5) is 11.9. The summed E-state index contributed by atoms with van der Waals surface area (Å²) in [6, 6.07) is 6.53. The van der Waals surface area contributed by atoms with E-state index in [2.05, 4.69) is 21.2 Å². The molecule has 0 aliphatic rings. The quantitative estimate of drug-likeness (QED) is 0.799. The molecule has 20 heavy (non-hydrogen) atoms. The number of rotatable bonds is 6. The van der Waals surface area contributed by atoms with Gasteiger partial charge < -0.3 is 11.1 Å². The lowest BCUT2D eigenvalue weighted by molar-refractivity contribution is -0.123. The molecule has 112 valence electrons. The van der Waals surface area contributed by atoms with E-state index >= 15 is 0 Å². The highest BCUT2D eigenvalue weighted by molar-refractivity contribution is 9.10. The minimum atomic E-state index is -3.11. The van der Waals surface area contributed by atoms with Gasteiger partial charge in [0.2, 0.25) is 5.91 Å². The Bertz CT molecular complexity index is 575. The number of carbonyl (C=O) groups is 1. The zero-order chi connectivity index (χ0) is 15.3. The Morgan fingerprint density at radius 1 is 1.40 bits per heavy atom. The summed E-state index contributed by atoms with van der Waals surface area (Å²) in [5.41, 5.74) is 6.64. The fourth-order valence-electron chi connectivity index (χ4n) is 1.70. The van der Waals surface area contributed by atoms with Gasteiger partial charge in [0.25, 0.3) is 0 Å². The second kappa shape index (κ2) is 7.19. The van der Waals surface area contributed by atoms with Crippen LogP contribution < -0.4 is 11.1 Å². The van der Waals surface area contributed by atoms with E-state index in [9.17, 15) is 13.2 Å². The molecule has 0 saturated heterocycles. The molecule has 3 N–H and O–H groups in total. The average molecular weight is 363 g/mol. The predicted octanol–water partition coefficient (Wildman–Crippen LogP) is 1.39. The van der Waals surface area contributed by atoms with Gasteiger partial charge in [-0.2, -0.15) is 0 Å². The van der Waals surface area contributed by atoms with Crippen LogP contribution in [-0.2, 0) is 14.6 Å². The molecule has 0 fully saturated rings. The van der Waals surface area contributed by atoms with Crippen molar-refractivity contribution in [3.05, 3.63) is 34.3 Å². The van der Waals surface area contributed by atoms with Crippen LogP contribution in [0.2, 0.25) is 0 Å². The molecule has 1 unspecified atom stereocenters. The minimum Gasteiger partial charge on any atom is -0.348 e. The summed E-state index contributed by atoms with van der Waals surface area (Å²) >= 11 is 3.42. The Balaban J connectivity index is 2.60. The molecule has 1 aromatic carbocycles. The van der Waals surface area contributed by atoms with Crippen molar-refractivity contribution in [3.8, 4) is 0 Å². The Hall–Kier alpha value is -0.920. The van der Waals surface area contributed by atoms with Crippen LogP contribution in [0.1, 0.15) is 24.9 Å². The molecular weight excluding hydrogens is 344 g/mol. The van der Waals surface area contributed by atoms with Crippen LogP contribution in [0.4, 0.5) is 0 Å². The lowest BCUT2D eigenvalue weighted by atomic mass is 10.1. The molecule has 7 heteroatoms. The van der Waals surface area contributed by atoms with Crippen LogP contribution in [0.3, 0.4) is 0 Å². The molecule has 0 aliphatic carbocycles. The molecule has 0 spiro atoms. The van der Waals surface area contributed by atoms with Gasteiger partial charge in [0.1, 0.15) is 9.84 Å². The topological polar surface area (TPSA) is 89.3 Å². The van der Waals surface area contributed by atoms with Crippen molar-refractivity contribution >= 4 is 31.7 Å². The van der Waals surface area contributed by atoms with Crippen molar-refractivity contribution < 1.29 is 13.2 Å².